The Morgan fingerprint density at radius 3 is 2.67 bits per heavy atom. The molecule has 3 rings (SSSR count). The van der Waals surface area contributed by atoms with Crippen LogP contribution in [0.1, 0.15) is 21.6 Å². The second-order valence-corrected chi connectivity index (χ2v) is 6.98. The van der Waals surface area contributed by atoms with Crippen LogP contribution in [0.25, 0.3) is 17.1 Å². The highest BCUT2D eigenvalue weighted by molar-refractivity contribution is 7.80. The van der Waals surface area contributed by atoms with Crippen LogP contribution < -0.4 is 11.1 Å². The number of primary amides is 1. The van der Waals surface area contributed by atoms with Gasteiger partial charge in [-0.2, -0.15) is 5.10 Å². The van der Waals surface area contributed by atoms with Gasteiger partial charge in [0.2, 0.25) is 0 Å². The lowest BCUT2D eigenvalue weighted by molar-refractivity contribution is 0.0993. The van der Waals surface area contributed by atoms with E-state index in [1.165, 1.54) is 4.68 Å². The highest BCUT2D eigenvalue weighted by Gasteiger charge is 2.21. The van der Waals surface area contributed by atoms with Gasteiger partial charge in [0.1, 0.15) is 10.7 Å². The van der Waals surface area contributed by atoms with Gasteiger partial charge in [0.15, 0.2) is 5.82 Å². The molecule has 0 fully saturated rings. The van der Waals surface area contributed by atoms with Crippen LogP contribution in [-0.4, -0.2) is 32.7 Å². The molecule has 0 spiro atoms. The van der Waals surface area contributed by atoms with Crippen LogP contribution in [0.2, 0.25) is 10.0 Å². The highest BCUT2D eigenvalue weighted by Crippen LogP contribution is 2.32. The van der Waals surface area contributed by atoms with E-state index in [4.69, 9.17) is 41.2 Å². The Morgan fingerprint density at radius 1 is 1.30 bits per heavy atom. The third-order valence-electron chi connectivity index (χ3n) is 3.93. The van der Waals surface area contributed by atoms with Gasteiger partial charge in [-0.05, 0) is 42.8 Å². The third-order valence-corrected chi connectivity index (χ3v) is 4.87. The smallest absolute Gasteiger partial charge is 0.267 e. The minimum Gasteiger partial charge on any atom is -0.379 e. The first-order chi connectivity index (χ1) is 12.8. The highest BCUT2D eigenvalue weighted by atomic mass is 35.5. The number of amides is 1. The average molecular weight is 420 g/mol. The molecule has 0 atom stereocenters. The maximum Gasteiger partial charge on any atom is 0.267 e. The fraction of sp³-hybridized carbons (Fsp3) is 0.111. The first-order valence-corrected chi connectivity index (χ1v) is 9.03. The maximum absolute atomic E-state index is 12.0. The zero-order chi connectivity index (χ0) is 19.7. The number of aromatic nitrogens is 3. The first-order valence-electron chi connectivity index (χ1n) is 7.86. The van der Waals surface area contributed by atoms with Gasteiger partial charge in [-0.15, -0.1) is 0 Å². The lowest BCUT2D eigenvalue weighted by atomic mass is 9.98. The van der Waals surface area contributed by atoms with Gasteiger partial charge in [0.25, 0.3) is 5.91 Å². The molecule has 2 heterocycles. The quantitative estimate of drug-likeness (QED) is 0.631. The predicted molar refractivity (Wildman–Crippen MR) is 111 cm³/mol. The summed E-state index contributed by atoms with van der Waals surface area (Å²) in [6.45, 7) is 1.89. The average Bonchev–Trinajstić information content (AvgIpc) is 3.05. The summed E-state index contributed by atoms with van der Waals surface area (Å²) in [5, 5.41) is 8.37. The minimum atomic E-state index is -0.653. The topological polar surface area (TPSA) is 85.8 Å². The summed E-state index contributed by atoms with van der Waals surface area (Å²) in [6, 6.07) is 8.48. The SMILES string of the molecule is CNC(=S)c1cc(Cl)cc(C)c1-c1cc(C(N)=O)n(-c2ncccc2Cl)n1. The number of hydrogen-bond donors (Lipinski definition) is 2. The Morgan fingerprint density at radius 2 is 2.04 bits per heavy atom. The zero-order valence-corrected chi connectivity index (χ0v) is 16.8. The fourth-order valence-corrected chi connectivity index (χ4v) is 3.41. The van der Waals surface area contributed by atoms with Crippen LogP contribution in [0.15, 0.2) is 36.5 Å². The molecule has 1 amide bonds. The zero-order valence-electron chi connectivity index (χ0n) is 14.5. The number of nitrogens with two attached hydrogens (primary N) is 1. The van der Waals surface area contributed by atoms with Crippen molar-refractivity contribution in [1.82, 2.24) is 20.1 Å². The van der Waals surface area contributed by atoms with Crippen molar-refractivity contribution < 1.29 is 4.79 Å². The molecule has 9 heteroatoms. The van der Waals surface area contributed by atoms with Crippen molar-refractivity contribution >= 4 is 46.3 Å². The summed E-state index contributed by atoms with van der Waals surface area (Å²) in [5.41, 5.74) is 8.50. The van der Waals surface area contributed by atoms with Crippen LogP contribution in [-0.2, 0) is 0 Å². The van der Waals surface area contributed by atoms with E-state index in [1.54, 1.807) is 43.6 Å². The second kappa shape index (κ2) is 7.64. The Labute approximate surface area is 171 Å². The van der Waals surface area contributed by atoms with Crippen molar-refractivity contribution in [3.63, 3.8) is 0 Å². The molecule has 0 unspecified atom stereocenters. The molecule has 1 aromatic carbocycles. The number of carbonyl (C=O) groups is 1. The molecular formula is C18H15Cl2N5OS. The van der Waals surface area contributed by atoms with E-state index in [0.29, 0.717) is 32.1 Å². The molecule has 2 aromatic heterocycles. The fourth-order valence-electron chi connectivity index (χ4n) is 2.77. The van der Waals surface area contributed by atoms with E-state index in [1.807, 2.05) is 6.92 Å². The molecular weight excluding hydrogens is 405 g/mol. The van der Waals surface area contributed by atoms with Gasteiger partial charge >= 0.3 is 0 Å². The molecule has 27 heavy (non-hydrogen) atoms. The third kappa shape index (κ3) is 3.66. The molecule has 0 aliphatic carbocycles. The van der Waals surface area contributed by atoms with Crippen LogP contribution in [0.5, 0.6) is 0 Å². The normalized spacial score (nSPS) is 10.7. The van der Waals surface area contributed by atoms with E-state index >= 15 is 0 Å². The van der Waals surface area contributed by atoms with Crippen molar-refractivity contribution in [2.24, 2.45) is 5.73 Å². The van der Waals surface area contributed by atoms with Crippen LogP contribution in [0.3, 0.4) is 0 Å². The number of halogens is 2. The Balaban J connectivity index is 2.29. The van der Waals surface area contributed by atoms with Gasteiger partial charge < -0.3 is 11.1 Å². The van der Waals surface area contributed by atoms with Crippen molar-refractivity contribution in [1.29, 1.82) is 0 Å². The monoisotopic (exact) mass is 419 g/mol. The number of thiocarbonyl (C=S) groups is 1. The summed E-state index contributed by atoms with van der Waals surface area (Å²) in [6.07, 6.45) is 1.56. The summed E-state index contributed by atoms with van der Waals surface area (Å²) < 4.78 is 1.33. The molecule has 3 N–H and O–H groups in total. The Kier molecular flexibility index (Phi) is 5.46. The molecule has 0 bridgehead atoms. The van der Waals surface area contributed by atoms with Crippen molar-refractivity contribution in [2.75, 3.05) is 7.05 Å². The van der Waals surface area contributed by atoms with Crippen molar-refractivity contribution in [2.45, 2.75) is 6.92 Å². The lowest BCUT2D eigenvalue weighted by Crippen LogP contribution is -2.18. The standard InChI is InChI=1S/C18H15Cl2N5OS/c1-9-6-10(19)7-11(18(27)22-2)15(9)13-8-14(16(21)26)25(24-13)17-12(20)4-3-5-23-17/h3-8H,1-2H3,(H2,21,26)(H,22,27). The van der Waals surface area contributed by atoms with Gasteiger partial charge in [0, 0.05) is 29.4 Å². The summed E-state index contributed by atoms with van der Waals surface area (Å²) in [4.78, 5) is 16.7. The van der Waals surface area contributed by atoms with E-state index in [2.05, 4.69) is 15.4 Å². The molecule has 0 saturated carbocycles. The Bertz CT molecular complexity index is 1060. The predicted octanol–water partition coefficient (Wildman–Crippen LogP) is 3.54. The van der Waals surface area contributed by atoms with E-state index in [-0.39, 0.29) is 5.69 Å². The number of aryl methyl sites for hydroxylation is 1. The van der Waals surface area contributed by atoms with Crippen LogP contribution in [0, 0.1) is 6.92 Å². The second-order valence-electron chi connectivity index (χ2n) is 5.72. The van der Waals surface area contributed by atoms with Crippen LogP contribution >= 0.6 is 35.4 Å². The Hall–Kier alpha value is -2.48. The van der Waals surface area contributed by atoms with Crippen molar-refractivity contribution in [3.05, 3.63) is 63.4 Å². The summed E-state index contributed by atoms with van der Waals surface area (Å²) in [7, 11) is 1.73. The van der Waals surface area contributed by atoms with Gasteiger partial charge in [0.05, 0.1) is 10.7 Å². The van der Waals surface area contributed by atoms with Gasteiger partial charge in [-0.3, -0.25) is 4.79 Å². The summed E-state index contributed by atoms with van der Waals surface area (Å²) in [5.74, 6) is -0.344. The minimum absolute atomic E-state index is 0.154. The molecule has 138 valence electrons. The van der Waals surface area contributed by atoms with Crippen molar-refractivity contribution in [3.8, 4) is 17.1 Å². The maximum atomic E-state index is 12.0. The van der Waals surface area contributed by atoms with Crippen LogP contribution in [0.4, 0.5) is 0 Å². The number of rotatable bonds is 4. The number of nitrogens with one attached hydrogen (secondary N) is 1. The molecule has 0 aliphatic heterocycles. The lowest BCUT2D eigenvalue weighted by Gasteiger charge is -2.12. The van der Waals surface area contributed by atoms with E-state index in [0.717, 1.165) is 11.1 Å². The number of benzene rings is 1. The first kappa shape index (κ1) is 19.3. The molecule has 6 nitrogen and oxygen atoms in total. The number of nitrogens with zero attached hydrogens (tertiary/aromatic N) is 3. The van der Waals surface area contributed by atoms with E-state index in [9.17, 15) is 4.79 Å². The number of pyridine rings is 1. The molecule has 0 aliphatic rings. The summed E-state index contributed by atoms with van der Waals surface area (Å²) >= 11 is 17.8. The molecule has 0 radical (unpaired) electrons. The molecule has 3 aromatic rings. The largest absolute Gasteiger partial charge is 0.379 e. The van der Waals surface area contributed by atoms with Gasteiger partial charge in [-0.1, -0.05) is 35.4 Å². The van der Waals surface area contributed by atoms with Gasteiger partial charge in [-0.25, -0.2) is 9.67 Å². The molecule has 0 saturated heterocycles. The number of carbonyl (C=O) groups excluding carboxylic acids is 1. The van der Waals surface area contributed by atoms with E-state index < -0.39 is 5.91 Å². The number of hydrogen-bond acceptors (Lipinski definition) is 4.